The molecular weight excluding hydrogens is 449 g/mol. The number of hydrogen-bond acceptors (Lipinski definition) is 5. The number of nitrogens with zero attached hydrogens (tertiary/aromatic N) is 2. The monoisotopic (exact) mass is 459 g/mol. The van der Waals surface area contributed by atoms with Crippen molar-refractivity contribution >= 4 is 52.0 Å². The van der Waals surface area contributed by atoms with Gasteiger partial charge in [-0.05, 0) is 46.9 Å². The minimum absolute atomic E-state index is 0.116. The fourth-order valence-electron chi connectivity index (χ4n) is 1.77. The largest absolute Gasteiger partial charge is 0.496 e. The maximum Gasteiger partial charge on any atom is 0.271 e. The number of rotatable bonds is 5. The summed E-state index contributed by atoms with van der Waals surface area (Å²) in [5.74, 6) is 0.136. The molecule has 0 heterocycles. The molecule has 1 N–H and O–H groups in total. The van der Waals surface area contributed by atoms with E-state index in [1.54, 1.807) is 18.2 Å². The van der Waals surface area contributed by atoms with E-state index in [0.717, 1.165) is 3.57 Å². The molecule has 0 radical (unpaired) electrons. The van der Waals surface area contributed by atoms with E-state index in [9.17, 15) is 14.9 Å². The van der Waals surface area contributed by atoms with Crippen LogP contribution in [0, 0.1) is 13.7 Å². The number of non-ortho nitro benzene ring substituents is 1. The fraction of sp³-hybridized carbons (Fsp3) is 0.0667. The standard InChI is InChI=1S/C15H11ClIN3O4/c1-24-14-7-9(2-5-13(14)17)15(21)19-18-8-10-6-11(20(22)23)3-4-12(10)16/h2-8H,1H3,(H,19,21)/b18-8+. The topological polar surface area (TPSA) is 93.8 Å². The lowest BCUT2D eigenvalue weighted by Gasteiger charge is -2.05. The third-order valence-electron chi connectivity index (χ3n) is 2.97. The molecule has 0 saturated carbocycles. The first kappa shape index (κ1) is 18.1. The van der Waals surface area contributed by atoms with E-state index in [1.165, 1.54) is 31.5 Å². The van der Waals surface area contributed by atoms with Gasteiger partial charge < -0.3 is 4.74 Å². The molecule has 1 amide bonds. The zero-order chi connectivity index (χ0) is 17.7. The molecule has 9 heteroatoms. The van der Waals surface area contributed by atoms with Crippen molar-refractivity contribution in [2.24, 2.45) is 5.10 Å². The van der Waals surface area contributed by atoms with Gasteiger partial charge >= 0.3 is 0 Å². The van der Waals surface area contributed by atoms with Crippen LogP contribution in [0.25, 0.3) is 0 Å². The summed E-state index contributed by atoms with van der Waals surface area (Å²) in [4.78, 5) is 22.3. The molecule has 0 aliphatic carbocycles. The SMILES string of the molecule is COc1cc(C(=O)N/N=C/c2cc([N+](=O)[O-])ccc2Cl)ccc1I. The third-order valence-corrected chi connectivity index (χ3v) is 4.21. The van der Waals surface area contributed by atoms with E-state index >= 15 is 0 Å². The number of methoxy groups -OCH3 is 1. The fourth-order valence-corrected chi connectivity index (χ4v) is 2.49. The molecule has 2 rings (SSSR count). The highest BCUT2D eigenvalue weighted by Crippen LogP contribution is 2.22. The molecule has 2 aromatic rings. The quantitative estimate of drug-likeness (QED) is 0.320. The molecule has 0 unspecified atom stereocenters. The van der Waals surface area contributed by atoms with Gasteiger partial charge in [0, 0.05) is 28.3 Å². The van der Waals surface area contributed by atoms with Crippen LogP contribution in [0.5, 0.6) is 5.75 Å². The summed E-state index contributed by atoms with van der Waals surface area (Å²) in [6.07, 6.45) is 1.25. The predicted molar refractivity (Wildman–Crippen MR) is 98.9 cm³/mol. The molecule has 0 aliphatic rings. The third kappa shape index (κ3) is 4.42. The number of amides is 1. The molecule has 0 aromatic heterocycles. The lowest BCUT2D eigenvalue weighted by Crippen LogP contribution is -2.17. The molecule has 0 saturated heterocycles. The second-order valence-electron chi connectivity index (χ2n) is 4.51. The van der Waals surface area contributed by atoms with Gasteiger partial charge in [0.15, 0.2) is 0 Å². The number of hydrazone groups is 1. The summed E-state index contributed by atoms with van der Waals surface area (Å²) < 4.78 is 6.03. The maximum atomic E-state index is 12.1. The zero-order valence-corrected chi connectivity index (χ0v) is 15.2. The molecule has 0 atom stereocenters. The van der Waals surface area contributed by atoms with Gasteiger partial charge in [0.25, 0.3) is 11.6 Å². The first-order valence-electron chi connectivity index (χ1n) is 6.53. The van der Waals surface area contributed by atoms with Crippen LogP contribution < -0.4 is 10.2 Å². The minimum Gasteiger partial charge on any atom is -0.496 e. The summed E-state index contributed by atoms with van der Waals surface area (Å²) in [6, 6.07) is 8.92. The van der Waals surface area contributed by atoms with Crippen molar-refractivity contribution in [2.75, 3.05) is 7.11 Å². The minimum atomic E-state index is -0.538. The number of carbonyl (C=O) groups is 1. The highest BCUT2D eigenvalue weighted by molar-refractivity contribution is 14.1. The number of benzene rings is 2. The number of hydrogen-bond donors (Lipinski definition) is 1. The Morgan fingerprint density at radius 1 is 1.38 bits per heavy atom. The summed E-state index contributed by atoms with van der Waals surface area (Å²) in [5, 5.41) is 14.8. The molecule has 0 fully saturated rings. The van der Waals surface area contributed by atoms with E-state index in [4.69, 9.17) is 16.3 Å². The molecule has 124 valence electrons. The highest BCUT2D eigenvalue weighted by atomic mass is 127. The Labute approximate surface area is 155 Å². The van der Waals surface area contributed by atoms with Crippen molar-refractivity contribution in [3.05, 3.63) is 66.2 Å². The molecule has 24 heavy (non-hydrogen) atoms. The number of nitrogens with one attached hydrogen (secondary N) is 1. The Kier molecular flexibility index (Phi) is 6.10. The van der Waals surface area contributed by atoms with Gasteiger partial charge in [-0.1, -0.05) is 11.6 Å². The lowest BCUT2D eigenvalue weighted by molar-refractivity contribution is -0.384. The first-order valence-corrected chi connectivity index (χ1v) is 7.99. The van der Waals surface area contributed by atoms with Crippen molar-refractivity contribution < 1.29 is 14.5 Å². The van der Waals surface area contributed by atoms with Crippen molar-refractivity contribution in [2.45, 2.75) is 0 Å². The molecule has 7 nitrogen and oxygen atoms in total. The Hall–Kier alpha value is -2.20. The Morgan fingerprint density at radius 3 is 2.79 bits per heavy atom. The normalized spacial score (nSPS) is 10.6. The zero-order valence-electron chi connectivity index (χ0n) is 12.3. The van der Waals surface area contributed by atoms with E-state index in [1.807, 2.05) is 0 Å². The average Bonchev–Trinajstić information content (AvgIpc) is 2.56. The highest BCUT2D eigenvalue weighted by Gasteiger charge is 2.10. The van der Waals surface area contributed by atoms with Gasteiger partial charge in [-0.25, -0.2) is 5.43 Å². The lowest BCUT2D eigenvalue weighted by atomic mass is 10.2. The molecule has 0 bridgehead atoms. The molecule has 2 aromatic carbocycles. The molecular formula is C15H11ClIN3O4. The van der Waals surface area contributed by atoms with Crippen LogP contribution in [-0.4, -0.2) is 24.2 Å². The second kappa shape index (κ2) is 8.06. The van der Waals surface area contributed by atoms with Gasteiger partial charge in [-0.3, -0.25) is 14.9 Å². The van der Waals surface area contributed by atoms with Crippen molar-refractivity contribution in [1.29, 1.82) is 0 Å². The van der Waals surface area contributed by atoms with Crippen molar-refractivity contribution in [1.82, 2.24) is 5.43 Å². The molecule has 0 spiro atoms. The van der Waals surface area contributed by atoms with Crippen LogP contribution in [0.2, 0.25) is 5.02 Å². The number of halogens is 2. The van der Waals surface area contributed by atoms with Crippen LogP contribution >= 0.6 is 34.2 Å². The summed E-state index contributed by atoms with van der Waals surface area (Å²) in [6.45, 7) is 0. The van der Waals surface area contributed by atoms with Gasteiger partial charge in [0.1, 0.15) is 5.75 Å². The predicted octanol–water partition coefficient (Wildman–Crippen LogP) is 3.63. The first-order chi connectivity index (χ1) is 11.4. The Balaban J connectivity index is 2.13. The summed E-state index contributed by atoms with van der Waals surface area (Å²) >= 11 is 8.04. The number of nitro benzene ring substituents is 1. The number of nitro groups is 1. The smallest absolute Gasteiger partial charge is 0.271 e. The maximum absolute atomic E-state index is 12.1. The van der Waals surface area contributed by atoms with E-state index in [-0.39, 0.29) is 10.7 Å². The van der Waals surface area contributed by atoms with Gasteiger partial charge in [-0.15, -0.1) is 0 Å². The molecule has 0 aliphatic heterocycles. The van der Waals surface area contributed by atoms with E-state index < -0.39 is 10.8 Å². The van der Waals surface area contributed by atoms with Crippen molar-refractivity contribution in [3.63, 3.8) is 0 Å². The average molecular weight is 460 g/mol. The van der Waals surface area contributed by atoms with Crippen LogP contribution in [0.15, 0.2) is 41.5 Å². The van der Waals surface area contributed by atoms with E-state index in [0.29, 0.717) is 16.9 Å². The van der Waals surface area contributed by atoms with Gasteiger partial charge in [0.2, 0.25) is 0 Å². The number of carbonyl (C=O) groups excluding carboxylic acids is 1. The Morgan fingerprint density at radius 2 is 2.12 bits per heavy atom. The Bertz CT molecular complexity index is 826. The van der Waals surface area contributed by atoms with Crippen LogP contribution in [0.3, 0.4) is 0 Å². The summed E-state index contributed by atoms with van der Waals surface area (Å²) in [5.41, 5.74) is 2.92. The summed E-state index contributed by atoms with van der Waals surface area (Å²) in [7, 11) is 1.52. The van der Waals surface area contributed by atoms with Gasteiger partial charge in [-0.2, -0.15) is 5.10 Å². The number of ether oxygens (including phenoxy) is 1. The van der Waals surface area contributed by atoms with E-state index in [2.05, 4.69) is 33.1 Å². The van der Waals surface area contributed by atoms with Crippen LogP contribution in [0.1, 0.15) is 15.9 Å². The van der Waals surface area contributed by atoms with Crippen LogP contribution in [-0.2, 0) is 0 Å². The van der Waals surface area contributed by atoms with Gasteiger partial charge in [0.05, 0.1) is 21.8 Å². The van der Waals surface area contributed by atoms with Crippen LogP contribution in [0.4, 0.5) is 5.69 Å². The second-order valence-corrected chi connectivity index (χ2v) is 6.08. The van der Waals surface area contributed by atoms with Crippen molar-refractivity contribution in [3.8, 4) is 5.75 Å².